The minimum atomic E-state index is -2.63. The zero-order chi connectivity index (χ0) is 19.8. The molecule has 0 bridgehead atoms. The van der Waals surface area contributed by atoms with Gasteiger partial charge in [-0.15, -0.1) is 0 Å². The number of hydrogen-bond donors (Lipinski definition) is 0. The molecule has 2 aromatic rings. The van der Waals surface area contributed by atoms with Crippen LogP contribution in [-0.2, 0) is 4.79 Å². The average Bonchev–Trinajstić information content (AvgIpc) is 3.19. The van der Waals surface area contributed by atoms with Crippen molar-refractivity contribution in [2.75, 3.05) is 0 Å². The van der Waals surface area contributed by atoms with E-state index in [1.165, 1.54) is 28.0 Å². The summed E-state index contributed by atoms with van der Waals surface area (Å²) in [6.07, 6.45) is 5.12. The van der Waals surface area contributed by atoms with Gasteiger partial charge in [-0.05, 0) is 0 Å². The van der Waals surface area contributed by atoms with Crippen LogP contribution in [0.2, 0.25) is 0 Å². The van der Waals surface area contributed by atoms with Gasteiger partial charge in [0.15, 0.2) is 0 Å². The topological polar surface area (TPSA) is 139 Å². The van der Waals surface area contributed by atoms with Crippen molar-refractivity contribution in [1.29, 1.82) is 0 Å². The van der Waals surface area contributed by atoms with Crippen LogP contribution >= 0.6 is 0 Å². The van der Waals surface area contributed by atoms with Crippen molar-refractivity contribution in [3.05, 3.63) is 45.0 Å². The molecular weight excluding hydrogens is 370 g/mol. The molecule has 2 aliphatic carbocycles. The third-order valence-electron chi connectivity index (χ3n) is 4.34. The molecule has 0 aromatic carbocycles. The van der Waals surface area contributed by atoms with E-state index in [2.05, 4.69) is 10.2 Å². The van der Waals surface area contributed by atoms with Crippen LogP contribution in [0, 0.1) is 20.2 Å². The third kappa shape index (κ3) is 4.12. The Hall–Kier alpha value is -3.25. The summed E-state index contributed by atoms with van der Waals surface area (Å²) in [4.78, 5) is 30.1. The molecule has 2 saturated carbocycles. The smallest absolute Gasteiger partial charge is 0.300 e. The summed E-state index contributed by atoms with van der Waals surface area (Å²) >= 11 is 0. The van der Waals surface area contributed by atoms with Crippen LogP contribution < -0.4 is 0 Å². The van der Waals surface area contributed by atoms with Crippen LogP contribution in [0.4, 0.5) is 20.2 Å². The molecule has 2 heterocycles. The van der Waals surface area contributed by atoms with E-state index in [4.69, 9.17) is 0 Å². The van der Waals surface area contributed by atoms with Gasteiger partial charge in [0.05, 0.1) is 21.9 Å². The van der Waals surface area contributed by atoms with Crippen molar-refractivity contribution in [3.8, 4) is 0 Å². The van der Waals surface area contributed by atoms with Crippen molar-refractivity contribution < 1.29 is 23.4 Å². The summed E-state index contributed by atoms with van der Waals surface area (Å²) < 4.78 is 27.6. The number of halogens is 2. The van der Waals surface area contributed by atoms with Crippen molar-refractivity contribution in [3.63, 3.8) is 0 Å². The zero-order valence-electron chi connectivity index (χ0n) is 13.8. The molecule has 0 saturated heterocycles. The standard InChI is InChI=1S/C7H7F2N3O2.C7H7N3O3/c8-7(9)1-5(2-7)11-4-6(3-10-11)12(13)14;11-7-1-5(2-7)9-4-6(3-8-9)10(12)13/h3-5H,1-2H2;3-5H,1-2H2. The van der Waals surface area contributed by atoms with Crippen LogP contribution in [0.15, 0.2) is 24.8 Å². The highest BCUT2D eigenvalue weighted by Crippen LogP contribution is 2.45. The van der Waals surface area contributed by atoms with Crippen molar-refractivity contribution in [2.24, 2.45) is 0 Å². The van der Waals surface area contributed by atoms with Crippen molar-refractivity contribution in [1.82, 2.24) is 19.6 Å². The van der Waals surface area contributed by atoms with E-state index in [1.54, 1.807) is 0 Å². The first-order chi connectivity index (χ1) is 12.6. The van der Waals surface area contributed by atoms with Crippen molar-refractivity contribution >= 4 is 17.2 Å². The summed E-state index contributed by atoms with van der Waals surface area (Å²) in [6.45, 7) is 0. The summed E-state index contributed by atoms with van der Waals surface area (Å²) in [5, 5.41) is 28.1. The number of carbonyl (C=O) groups is 1. The van der Waals surface area contributed by atoms with E-state index >= 15 is 0 Å². The van der Waals surface area contributed by atoms with Gasteiger partial charge in [-0.2, -0.15) is 10.2 Å². The Morgan fingerprint density at radius 2 is 1.41 bits per heavy atom. The Bertz CT molecular complexity index is 878. The molecule has 0 atom stereocenters. The first kappa shape index (κ1) is 18.5. The maximum atomic E-state index is 12.5. The highest BCUT2D eigenvalue weighted by molar-refractivity contribution is 5.85. The fraction of sp³-hybridized carbons (Fsp3) is 0.500. The quantitative estimate of drug-likeness (QED) is 0.582. The number of nitrogens with zero attached hydrogens (tertiary/aromatic N) is 6. The zero-order valence-corrected chi connectivity index (χ0v) is 13.8. The van der Waals surface area contributed by atoms with Gasteiger partial charge in [-0.25, -0.2) is 8.78 Å². The van der Waals surface area contributed by atoms with Gasteiger partial charge < -0.3 is 0 Å². The maximum absolute atomic E-state index is 12.5. The lowest BCUT2D eigenvalue weighted by Gasteiger charge is -2.34. The van der Waals surface area contributed by atoms with Gasteiger partial charge in [0, 0.05) is 25.7 Å². The molecule has 0 aliphatic heterocycles. The number of Topliss-reactive ketones (excluding diaryl/α,β-unsaturated/α-hetero) is 1. The van der Waals surface area contributed by atoms with Gasteiger partial charge in [0.2, 0.25) is 0 Å². The lowest BCUT2D eigenvalue weighted by molar-refractivity contribution is -0.385. The highest BCUT2D eigenvalue weighted by Gasteiger charge is 2.46. The Labute approximate surface area is 149 Å². The number of ketones is 1. The molecule has 2 fully saturated rings. The van der Waals surface area contributed by atoms with Gasteiger partial charge in [-0.3, -0.25) is 34.4 Å². The van der Waals surface area contributed by atoms with E-state index < -0.39 is 21.8 Å². The molecule has 0 radical (unpaired) electrons. The SMILES string of the molecule is O=C1CC(n2cc([N+](=O)[O-])cn2)C1.O=[N+]([O-])c1cnn(C2CC(F)(F)C2)c1. The molecule has 2 aliphatic rings. The predicted molar refractivity (Wildman–Crippen MR) is 84.3 cm³/mol. The van der Waals surface area contributed by atoms with Gasteiger partial charge >= 0.3 is 11.4 Å². The number of alkyl halides is 2. The lowest BCUT2D eigenvalue weighted by atomic mass is 9.88. The molecule has 2 aromatic heterocycles. The monoisotopic (exact) mass is 384 g/mol. The van der Waals surface area contributed by atoms with Crippen LogP contribution in [0.3, 0.4) is 0 Å². The Balaban J connectivity index is 0.000000156. The number of carbonyl (C=O) groups excluding carboxylic acids is 1. The van der Waals surface area contributed by atoms with E-state index in [1.807, 2.05) is 0 Å². The molecule has 0 spiro atoms. The number of hydrogen-bond acceptors (Lipinski definition) is 7. The summed E-state index contributed by atoms with van der Waals surface area (Å²) in [6, 6.07) is -0.375. The lowest BCUT2D eigenvalue weighted by Crippen LogP contribution is -2.37. The summed E-state index contributed by atoms with van der Waals surface area (Å²) in [7, 11) is 0. The molecule has 4 rings (SSSR count). The second-order valence-electron chi connectivity index (χ2n) is 6.39. The Morgan fingerprint density at radius 3 is 1.74 bits per heavy atom. The first-order valence-electron chi connectivity index (χ1n) is 7.91. The molecular formula is C14H14F2N6O5. The summed E-state index contributed by atoms with van der Waals surface area (Å²) in [5.74, 6) is -2.45. The first-order valence-corrected chi connectivity index (χ1v) is 7.91. The molecule has 0 amide bonds. The number of aromatic nitrogens is 4. The molecule has 0 N–H and O–H groups in total. The molecule has 27 heavy (non-hydrogen) atoms. The Kier molecular flexibility index (Phi) is 4.68. The maximum Gasteiger partial charge on any atom is 0.307 e. The van der Waals surface area contributed by atoms with E-state index in [0.717, 1.165) is 6.20 Å². The van der Waals surface area contributed by atoms with E-state index in [0.29, 0.717) is 12.8 Å². The van der Waals surface area contributed by atoms with Crippen LogP contribution in [0.5, 0.6) is 0 Å². The van der Waals surface area contributed by atoms with E-state index in [-0.39, 0.29) is 36.0 Å². The second kappa shape index (κ2) is 6.81. The number of nitro groups is 2. The highest BCUT2D eigenvalue weighted by atomic mass is 19.3. The van der Waals surface area contributed by atoms with Crippen LogP contribution in [0.25, 0.3) is 0 Å². The third-order valence-corrected chi connectivity index (χ3v) is 4.34. The second-order valence-corrected chi connectivity index (χ2v) is 6.39. The van der Waals surface area contributed by atoms with E-state index in [9.17, 15) is 33.8 Å². The Morgan fingerprint density at radius 1 is 0.963 bits per heavy atom. The average molecular weight is 384 g/mol. The molecule has 144 valence electrons. The molecule has 13 heteroatoms. The predicted octanol–water partition coefficient (Wildman–Crippen LogP) is 2.46. The minimum absolute atomic E-state index is 0.0284. The fourth-order valence-electron chi connectivity index (χ4n) is 2.71. The number of rotatable bonds is 4. The minimum Gasteiger partial charge on any atom is -0.300 e. The largest absolute Gasteiger partial charge is 0.307 e. The fourth-order valence-corrected chi connectivity index (χ4v) is 2.71. The van der Waals surface area contributed by atoms with Crippen LogP contribution in [-0.4, -0.2) is 41.1 Å². The summed E-state index contributed by atoms with van der Waals surface area (Å²) in [5.41, 5.74) is -0.195. The van der Waals surface area contributed by atoms with Gasteiger partial charge in [-0.1, -0.05) is 0 Å². The van der Waals surface area contributed by atoms with Crippen molar-refractivity contribution in [2.45, 2.75) is 43.7 Å². The van der Waals surface area contributed by atoms with Gasteiger partial charge in [0.25, 0.3) is 5.92 Å². The molecule has 0 unspecified atom stereocenters. The van der Waals surface area contributed by atoms with Crippen LogP contribution in [0.1, 0.15) is 37.8 Å². The molecule has 11 nitrogen and oxygen atoms in total. The normalized spacial score (nSPS) is 18.8. The van der Waals surface area contributed by atoms with Gasteiger partial charge in [0.1, 0.15) is 30.6 Å².